The van der Waals surface area contributed by atoms with Crippen LogP contribution in [-0.4, -0.2) is 5.71 Å². The average Bonchev–Trinajstić information content (AvgIpc) is 1.87. The number of rotatable bonds is 4. The van der Waals surface area contributed by atoms with Gasteiger partial charge in [0.2, 0.25) is 0 Å². The van der Waals surface area contributed by atoms with Gasteiger partial charge in [-0.05, 0) is 19.3 Å². The third-order valence-electron chi connectivity index (χ3n) is 1.61. The summed E-state index contributed by atoms with van der Waals surface area (Å²) >= 11 is 0. The van der Waals surface area contributed by atoms with E-state index in [9.17, 15) is 0 Å². The van der Waals surface area contributed by atoms with Gasteiger partial charge < -0.3 is 0 Å². The van der Waals surface area contributed by atoms with E-state index in [1.165, 1.54) is 12.1 Å². The summed E-state index contributed by atoms with van der Waals surface area (Å²) in [4.78, 5) is 4.39. The molecule has 0 aromatic rings. The molecule has 0 atom stereocenters. The van der Waals surface area contributed by atoms with E-state index in [0.29, 0.717) is 5.92 Å². The van der Waals surface area contributed by atoms with Crippen LogP contribution in [0.15, 0.2) is 17.3 Å². The van der Waals surface area contributed by atoms with Crippen LogP contribution < -0.4 is 0 Å². The van der Waals surface area contributed by atoms with E-state index in [-0.39, 0.29) is 0 Å². The fraction of sp³-hybridized carbons (Fsp3) is 0.700. The summed E-state index contributed by atoms with van der Waals surface area (Å²) in [6.45, 7) is 12.4. The molecular formula is C10H19N. The second kappa shape index (κ2) is 5.11. The maximum atomic E-state index is 4.39. The van der Waals surface area contributed by atoms with Gasteiger partial charge in [0.15, 0.2) is 0 Å². The Bertz CT molecular complexity index is 154. The monoisotopic (exact) mass is 153 g/mol. The molecule has 0 spiro atoms. The molecule has 0 unspecified atom stereocenters. The van der Waals surface area contributed by atoms with Crippen molar-refractivity contribution in [3.63, 3.8) is 0 Å². The molecule has 11 heavy (non-hydrogen) atoms. The molecule has 0 aliphatic heterocycles. The van der Waals surface area contributed by atoms with Crippen molar-refractivity contribution in [2.24, 2.45) is 10.9 Å². The predicted octanol–water partition coefficient (Wildman–Crippen LogP) is 3.42. The maximum Gasteiger partial charge on any atom is 0.0356 e. The van der Waals surface area contributed by atoms with E-state index in [4.69, 9.17) is 0 Å². The van der Waals surface area contributed by atoms with Gasteiger partial charge in [0, 0.05) is 11.4 Å². The van der Waals surface area contributed by atoms with Gasteiger partial charge in [0.25, 0.3) is 0 Å². The van der Waals surface area contributed by atoms with E-state index < -0.39 is 0 Å². The Morgan fingerprint density at radius 1 is 1.45 bits per heavy atom. The SMILES string of the molecule is C=C(N=C(C)CCC)C(C)C. The molecule has 0 aliphatic rings. The van der Waals surface area contributed by atoms with Crippen LogP contribution in [0.1, 0.15) is 40.5 Å². The smallest absolute Gasteiger partial charge is 0.0356 e. The molecule has 1 nitrogen and oxygen atoms in total. The first-order valence-corrected chi connectivity index (χ1v) is 4.30. The third-order valence-corrected chi connectivity index (χ3v) is 1.61. The Kier molecular flexibility index (Phi) is 4.84. The summed E-state index contributed by atoms with van der Waals surface area (Å²) in [5.41, 5.74) is 2.20. The Balaban J connectivity index is 3.97. The van der Waals surface area contributed by atoms with E-state index in [2.05, 4.69) is 39.3 Å². The van der Waals surface area contributed by atoms with Crippen molar-refractivity contribution >= 4 is 5.71 Å². The van der Waals surface area contributed by atoms with Crippen molar-refractivity contribution in [2.75, 3.05) is 0 Å². The average molecular weight is 153 g/mol. The fourth-order valence-electron chi connectivity index (χ4n) is 0.792. The van der Waals surface area contributed by atoms with Gasteiger partial charge in [-0.25, -0.2) is 0 Å². The molecule has 0 N–H and O–H groups in total. The number of allylic oxidation sites excluding steroid dienone is 1. The topological polar surface area (TPSA) is 12.4 Å². The van der Waals surface area contributed by atoms with Crippen molar-refractivity contribution in [1.29, 1.82) is 0 Å². The van der Waals surface area contributed by atoms with Crippen LogP contribution in [0.3, 0.4) is 0 Å². The molecule has 64 valence electrons. The molecule has 0 fully saturated rings. The van der Waals surface area contributed by atoms with Gasteiger partial charge in [0.05, 0.1) is 0 Å². The van der Waals surface area contributed by atoms with E-state index in [0.717, 1.165) is 12.1 Å². The summed E-state index contributed by atoms with van der Waals surface area (Å²) in [6, 6.07) is 0. The second-order valence-corrected chi connectivity index (χ2v) is 3.24. The number of aliphatic imine (C=N–C) groups is 1. The van der Waals surface area contributed by atoms with E-state index >= 15 is 0 Å². The van der Waals surface area contributed by atoms with Crippen LogP contribution >= 0.6 is 0 Å². The van der Waals surface area contributed by atoms with Gasteiger partial charge in [-0.3, -0.25) is 4.99 Å². The first kappa shape index (κ1) is 10.4. The predicted molar refractivity (Wildman–Crippen MR) is 52.0 cm³/mol. The minimum atomic E-state index is 0.474. The van der Waals surface area contributed by atoms with Crippen LogP contribution in [0.5, 0.6) is 0 Å². The molecule has 0 radical (unpaired) electrons. The molecule has 1 heteroatoms. The zero-order chi connectivity index (χ0) is 8.85. The fourth-order valence-corrected chi connectivity index (χ4v) is 0.792. The largest absolute Gasteiger partial charge is 0.263 e. The second-order valence-electron chi connectivity index (χ2n) is 3.24. The van der Waals surface area contributed by atoms with Crippen molar-refractivity contribution in [2.45, 2.75) is 40.5 Å². The van der Waals surface area contributed by atoms with Crippen molar-refractivity contribution < 1.29 is 0 Å². The Labute approximate surface area is 70.2 Å². The molecular weight excluding hydrogens is 134 g/mol. The molecule has 0 aromatic carbocycles. The minimum Gasteiger partial charge on any atom is -0.263 e. The Hall–Kier alpha value is -0.590. The van der Waals surface area contributed by atoms with Crippen molar-refractivity contribution in [3.8, 4) is 0 Å². The van der Waals surface area contributed by atoms with Gasteiger partial charge in [-0.1, -0.05) is 33.8 Å². The van der Waals surface area contributed by atoms with Crippen molar-refractivity contribution in [1.82, 2.24) is 0 Å². The van der Waals surface area contributed by atoms with Crippen LogP contribution in [-0.2, 0) is 0 Å². The molecule has 0 saturated heterocycles. The molecule has 0 bridgehead atoms. The molecule has 0 saturated carbocycles. The standard InChI is InChI=1S/C10H19N/c1-6-7-9(4)11-10(5)8(2)3/h8H,5-7H2,1-4H3. The first-order chi connectivity index (χ1) is 5.07. The van der Waals surface area contributed by atoms with E-state index in [1.54, 1.807) is 0 Å². The lowest BCUT2D eigenvalue weighted by Gasteiger charge is -2.04. The molecule has 0 heterocycles. The summed E-state index contributed by atoms with van der Waals surface area (Å²) in [5, 5.41) is 0. The highest BCUT2D eigenvalue weighted by atomic mass is 14.8. The van der Waals surface area contributed by atoms with Crippen LogP contribution in [0.2, 0.25) is 0 Å². The van der Waals surface area contributed by atoms with Crippen LogP contribution in [0.25, 0.3) is 0 Å². The molecule has 0 aliphatic carbocycles. The zero-order valence-corrected chi connectivity index (χ0v) is 8.15. The molecule has 0 rings (SSSR count). The van der Waals surface area contributed by atoms with Gasteiger partial charge in [-0.15, -0.1) is 0 Å². The Morgan fingerprint density at radius 2 is 2.00 bits per heavy atom. The third kappa shape index (κ3) is 4.77. The van der Waals surface area contributed by atoms with Gasteiger partial charge in [0.1, 0.15) is 0 Å². The lowest BCUT2D eigenvalue weighted by molar-refractivity contribution is 0.759. The number of hydrogen-bond donors (Lipinski definition) is 0. The highest BCUT2D eigenvalue weighted by molar-refractivity contribution is 5.82. The maximum absolute atomic E-state index is 4.39. The van der Waals surface area contributed by atoms with Gasteiger partial charge >= 0.3 is 0 Å². The summed E-state index contributed by atoms with van der Waals surface area (Å²) in [7, 11) is 0. The van der Waals surface area contributed by atoms with Gasteiger partial charge in [-0.2, -0.15) is 0 Å². The van der Waals surface area contributed by atoms with Crippen LogP contribution in [0.4, 0.5) is 0 Å². The minimum absolute atomic E-state index is 0.474. The first-order valence-electron chi connectivity index (χ1n) is 4.30. The number of nitrogens with zero attached hydrogens (tertiary/aromatic N) is 1. The molecule has 0 amide bonds. The highest BCUT2D eigenvalue weighted by Crippen LogP contribution is 2.09. The number of hydrogen-bond acceptors (Lipinski definition) is 1. The summed E-state index contributed by atoms with van der Waals surface area (Å²) in [6.07, 6.45) is 2.26. The lowest BCUT2D eigenvalue weighted by atomic mass is 10.1. The summed E-state index contributed by atoms with van der Waals surface area (Å²) < 4.78 is 0. The quantitative estimate of drug-likeness (QED) is 0.549. The van der Waals surface area contributed by atoms with Crippen LogP contribution in [0, 0.1) is 5.92 Å². The van der Waals surface area contributed by atoms with E-state index in [1.807, 2.05) is 0 Å². The Morgan fingerprint density at radius 3 is 2.36 bits per heavy atom. The normalized spacial score (nSPS) is 12.3. The lowest BCUT2D eigenvalue weighted by Crippen LogP contribution is -1.95. The zero-order valence-electron chi connectivity index (χ0n) is 8.15. The molecule has 0 aromatic heterocycles. The van der Waals surface area contributed by atoms with Crippen molar-refractivity contribution in [3.05, 3.63) is 12.3 Å². The summed E-state index contributed by atoms with van der Waals surface area (Å²) in [5.74, 6) is 0.474. The highest BCUT2D eigenvalue weighted by Gasteiger charge is 1.97.